The number of esters is 1. The Morgan fingerprint density at radius 2 is 1.59 bits per heavy atom. The standard InChI is InChI=1S/C25H31Cl3O4/c1-6-16(2)14-31-24-22(27)11-19(12-23(24)28)25(4,5)18-7-9-20(10-8-18)30-15-21(13-26)32-17(3)29/h7-12,16,21H,6,13-15H2,1-5H3/t16-,21-/m1/s1. The second-order valence-corrected chi connectivity index (χ2v) is 9.56. The number of ether oxygens (including phenoxy) is 3. The summed E-state index contributed by atoms with van der Waals surface area (Å²) in [5.41, 5.74) is 1.70. The van der Waals surface area contributed by atoms with Gasteiger partial charge in [0.1, 0.15) is 18.5 Å². The quantitative estimate of drug-likeness (QED) is 0.239. The smallest absolute Gasteiger partial charge is 0.303 e. The van der Waals surface area contributed by atoms with Gasteiger partial charge in [0.25, 0.3) is 0 Å². The molecule has 2 aromatic rings. The molecule has 2 aromatic carbocycles. The van der Waals surface area contributed by atoms with Gasteiger partial charge in [-0.25, -0.2) is 0 Å². The highest BCUT2D eigenvalue weighted by atomic mass is 35.5. The zero-order chi connectivity index (χ0) is 23.9. The maximum Gasteiger partial charge on any atom is 0.303 e. The van der Waals surface area contributed by atoms with Crippen LogP contribution in [0.1, 0.15) is 52.2 Å². The fourth-order valence-corrected chi connectivity index (χ4v) is 3.82. The maximum atomic E-state index is 11.1. The van der Waals surface area contributed by atoms with Crippen molar-refractivity contribution < 1.29 is 19.0 Å². The van der Waals surface area contributed by atoms with Crippen LogP contribution in [0.3, 0.4) is 0 Å². The second kappa shape index (κ2) is 12.0. The fraction of sp³-hybridized carbons (Fsp3) is 0.480. The largest absolute Gasteiger partial charge is 0.490 e. The first-order chi connectivity index (χ1) is 15.1. The molecule has 0 aliphatic carbocycles. The molecule has 2 rings (SSSR count). The molecule has 0 fully saturated rings. The monoisotopic (exact) mass is 500 g/mol. The van der Waals surface area contributed by atoms with E-state index in [4.69, 9.17) is 49.0 Å². The highest BCUT2D eigenvalue weighted by Crippen LogP contribution is 2.41. The van der Waals surface area contributed by atoms with Crippen LogP contribution in [0.2, 0.25) is 10.0 Å². The van der Waals surface area contributed by atoms with Crippen molar-refractivity contribution in [2.24, 2.45) is 5.92 Å². The summed E-state index contributed by atoms with van der Waals surface area (Å²) in [4.78, 5) is 11.1. The van der Waals surface area contributed by atoms with Crippen molar-refractivity contribution in [2.75, 3.05) is 19.1 Å². The molecule has 0 N–H and O–H groups in total. The normalized spacial score (nSPS) is 13.4. The van der Waals surface area contributed by atoms with E-state index in [1.54, 1.807) is 0 Å². The predicted octanol–water partition coefficient (Wildman–Crippen LogP) is 7.29. The minimum atomic E-state index is -0.490. The molecule has 0 amide bonds. The molecule has 0 radical (unpaired) electrons. The number of hydrogen-bond donors (Lipinski definition) is 0. The first-order valence-electron chi connectivity index (χ1n) is 10.7. The van der Waals surface area contributed by atoms with E-state index in [9.17, 15) is 4.79 Å². The van der Waals surface area contributed by atoms with Gasteiger partial charge in [0.15, 0.2) is 5.75 Å². The summed E-state index contributed by atoms with van der Waals surface area (Å²) < 4.78 is 16.7. The van der Waals surface area contributed by atoms with E-state index in [2.05, 4.69) is 27.7 Å². The van der Waals surface area contributed by atoms with Crippen LogP contribution in [0.15, 0.2) is 36.4 Å². The lowest BCUT2D eigenvalue weighted by Gasteiger charge is -2.27. The van der Waals surface area contributed by atoms with Crippen molar-refractivity contribution in [3.63, 3.8) is 0 Å². The summed E-state index contributed by atoms with van der Waals surface area (Å²) in [5, 5.41) is 1.00. The van der Waals surface area contributed by atoms with E-state index < -0.39 is 6.10 Å². The van der Waals surface area contributed by atoms with Crippen LogP contribution in [0.4, 0.5) is 0 Å². The molecule has 176 valence electrons. The molecule has 0 saturated heterocycles. The van der Waals surface area contributed by atoms with E-state index in [-0.39, 0.29) is 23.9 Å². The fourth-order valence-electron chi connectivity index (χ4n) is 3.07. The molecular formula is C25H31Cl3O4. The van der Waals surface area contributed by atoms with E-state index >= 15 is 0 Å². The third-order valence-corrected chi connectivity index (χ3v) is 6.35. The lowest BCUT2D eigenvalue weighted by atomic mass is 9.78. The number of rotatable bonds is 11. The molecule has 0 heterocycles. The molecule has 0 aliphatic heterocycles. The molecule has 32 heavy (non-hydrogen) atoms. The summed E-state index contributed by atoms with van der Waals surface area (Å²) in [6, 6.07) is 11.6. The van der Waals surface area contributed by atoms with Gasteiger partial charge in [-0.1, -0.05) is 69.5 Å². The lowest BCUT2D eigenvalue weighted by Crippen LogP contribution is -2.25. The third-order valence-electron chi connectivity index (χ3n) is 5.45. The number of carbonyl (C=O) groups is 1. The number of hydrogen-bond acceptors (Lipinski definition) is 4. The molecule has 4 nitrogen and oxygen atoms in total. The Morgan fingerprint density at radius 3 is 2.09 bits per heavy atom. The van der Waals surface area contributed by atoms with Crippen LogP contribution in [-0.2, 0) is 14.9 Å². The molecule has 0 unspecified atom stereocenters. The number of alkyl halides is 1. The van der Waals surface area contributed by atoms with Gasteiger partial charge < -0.3 is 14.2 Å². The summed E-state index contributed by atoms with van der Waals surface area (Å²) in [7, 11) is 0. The summed E-state index contributed by atoms with van der Waals surface area (Å²) in [5.74, 6) is 1.40. The average molecular weight is 502 g/mol. The predicted molar refractivity (Wildman–Crippen MR) is 132 cm³/mol. The van der Waals surface area contributed by atoms with Crippen molar-refractivity contribution in [1.82, 2.24) is 0 Å². The summed E-state index contributed by atoms with van der Waals surface area (Å²) >= 11 is 18.9. The van der Waals surface area contributed by atoms with Crippen molar-refractivity contribution in [2.45, 2.75) is 52.6 Å². The van der Waals surface area contributed by atoms with Gasteiger partial charge in [-0.15, -0.1) is 11.6 Å². The highest BCUT2D eigenvalue weighted by molar-refractivity contribution is 6.37. The van der Waals surface area contributed by atoms with Crippen LogP contribution >= 0.6 is 34.8 Å². The summed E-state index contributed by atoms with van der Waals surface area (Å²) in [6.45, 7) is 10.6. The zero-order valence-electron chi connectivity index (χ0n) is 19.2. The topological polar surface area (TPSA) is 44.8 Å². The first-order valence-corrected chi connectivity index (χ1v) is 12.0. The van der Waals surface area contributed by atoms with Gasteiger partial charge in [-0.3, -0.25) is 4.79 Å². The molecular weight excluding hydrogens is 471 g/mol. The Bertz CT molecular complexity index is 874. The van der Waals surface area contributed by atoms with Gasteiger partial charge in [0.05, 0.1) is 22.5 Å². The van der Waals surface area contributed by atoms with E-state index in [1.807, 2.05) is 36.4 Å². The Morgan fingerprint density at radius 1 is 1.00 bits per heavy atom. The average Bonchev–Trinajstić information content (AvgIpc) is 2.75. The van der Waals surface area contributed by atoms with E-state index in [1.165, 1.54) is 6.92 Å². The molecule has 0 aliphatic rings. The highest BCUT2D eigenvalue weighted by Gasteiger charge is 2.26. The van der Waals surface area contributed by atoms with Crippen molar-refractivity contribution >= 4 is 40.8 Å². The van der Waals surface area contributed by atoms with Gasteiger partial charge >= 0.3 is 5.97 Å². The molecule has 0 bridgehead atoms. The third kappa shape index (κ3) is 7.19. The van der Waals surface area contributed by atoms with Gasteiger partial charge in [0.2, 0.25) is 0 Å². The van der Waals surface area contributed by atoms with Crippen molar-refractivity contribution in [3.05, 3.63) is 57.6 Å². The first kappa shape index (κ1) is 26.6. The second-order valence-electron chi connectivity index (χ2n) is 8.44. The Hall–Kier alpha value is -1.62. The Kier molecular flexibility index (Phi) is 10.00. The van der Waals surface area contributed by atoms with Crippen LogP contribution in [0.25, 0.3) is 0 Å². The maximum absolute atomic E-state index is 11.1. The van der Waals surface area contributed by atoms with Crippen LogP contribution in [0, 0.1) is 5.92 Å². The van der Waals surface area contributed by atoms with Crippen molar-refractivity contribution in [1.29, 1.82) is 0 Å². The van der Waals surface area contributed by atoms with Crippen LogP contribution in [-0.4, -0.2) is 31.2 Å². The van der Waals surface area contributed by atoms with Crippen LogP contribution in [0.5, 0.6) is 11.5 Å². The van der Waals surface area contributed by atoms with Crippen molar-refractivity contribution in [3.8, 4) is 11.5 Å². The SMILES string of the molecule is CC[C@@H](C)COc1c(Cl)cc(C(C)(C)c2ccc(OC[C@@H](CCl)OC(C)=O)cc2)cc1Cl. The van der Waals surface area contributed by atoms with Gasteiger partial charge in [-0.2, -0.15) is 0 Å². The zero-order valence-corrected chi connectivity index (χ0v) is 21.5. The molecule has 0 aromatic heterocycles. The minimum absolute atomic E-state index is 0.170. The summed E-state index contributed by atoms with van der Waals surface area (Å²) in [6.07, 6.45) is 0.534. The number of carbonyl (C=O) groups excluding carboxylic acids is 1. The van der Waals surface area contributed by atoms with E-state index in [0.717, 1.165) is 17.5 Å². The van der Waals surface area contributed by atoms with Gasteiger partial charge in [-0.05, 0) is 41.3 Å². The Labute approximate surface area is 206 Å². The minimum Gasteiger partial charge on any atom is -0.490 e. The number of benzene rings is 2. The van der Waals surface area contributed by atoms with Gasteiger partial charge in [0, 0.05) is 12.3 Å². The van der Waals surface area contributed by atoms with E-state index in [0.29, 0.717) is 34.1 Å². The molecule has 2 atom stereocenters. The molecule has 0 saturated carbocycles. The molecule has 0 spiro atoms. The van der Waals surface area contributed by atoms with Crippen LogP contribution < -0.4 is 9.47 Å². The lowest BCUT2D eigenvalue weighted by molar-refractivity contribution is -0.146. The Balaban J connectivity index is 2.14. The molecule has 7 heteroatoms. The number of halogens is 3.